The van der Waals surface area contributed by atoms with E-state index in [9.17, 15) is 9.67 Å². The Morgan fingerprint density at radius 1 is 1.35 bits per heavy atom. The van der Waals surface area contributed by atoms with Crippen LogP contribution in [0.2, 0.25) is 0 Å². The van der Waals surface area contributed by atoms with E-state index in [1.54, 1.807) is 25.1 Å². The predicted octanol–water partition coefficient (Wildman–Crippen LogP) is 5.47. The monoisotopic (exact) mass is 510 g/mol. The number of halogens is 2. The molecule has 0 radical (unpaired) electrons. The zero-order valence-electron chi connectivity index (χ0n) is 14.6. The van der Waals surface area contributed by atoms with E-state index >= 15 is 0 Å². The lowest BCUT2D eigenvalue weighted by Gasteiger charge is -2.15. The molecule has 6 nitrogen and oxygen atoms in total. The highest BCUT2D eigenvalue weighted by atomic mass is 79.9. The molecular formula is C17H21Br2O6P. The van der Waals surface area contributed by atoms with Gasteiger partial charge in [-0.05, 0) is 53.0 Å². The van der Waals surface area contributed by atoms with Crippen molar-refractivity contribution in [1.29, 1.82) is 0 Å². The number of hydrogen-bond donors (Lipinski definition) is 3. The first-order valence-electron chi connectivity index (χ1n) is 7.51. The highest BCUT2D eigenvalue weighted by Crippen LogP contribution is 2.36. The summed E-state index contributed by atoms with van der Waals surface area (Å²) in [5, 5.41) is 9.91. The van der Waals surface area contributed by atoms with Crippen molar-refractivity contribution in [1.82, 2.24) is 0 Å². The summed E-state index contributed by atoms with van der Waals surface area (Å²) in [4.78, 5) is 17.7. The van der Waals surface area contributed by atoms with Gasteiger partial charge in [-0.2, -0.15) is 0 Å². The molecule has 0 amide bonds. The molecule has 0 saturated carbocycles. The molecule has 9 heteroatoms. The minimum atomic E-state index is -4.28. The molecule has 0 bridgehead atoms. The molecular weight excluding hydrogens is 491 g/mol. The number of ether oxygens (including phenoxy) is 2. The van der Waals surface area contributed by atoms with E-state index < -0.39 is 13.9 Å². The van der Waals surface area contributed by atoms with E-state index in [0.717, 1.165) is 5.56 Å². The molecule has 0 unspecified atom stereocenters. The molecule has 1 aromatic rings. The fourth-order valence-corrected chi connectivity index (χ4v) is 3.40. The standard InChI is InChI=1S/C17H21Br2O6P/c1-10(2)14-8-13(5-6-16(14)20)25-17(12(4)18)15(19)7-11(3)24-9-26(21,22)23/h5-8,10,20H,3,9H2,1-2,4H3,(H2,21,22,23)/b15-7+,17-12-. The van der Waals surface area contributed by atoms with Gasteiger partial charge in [0.25, 0.3) is 0 Å². The second-order valence-electron chi connectivity index (χ2n) is 5.74. The van der Waals surface area contributed by atoms with Crippen LogP contribution in [0.4, 0.5) is 0 Å². The molecule has 144 valence electrons. The lowest BCUT2D eigenvalue weighted by Crippen LogP contribution is -2.00. The number of benzene rings is 1. The largest absolute Gasteiger partial charge is 0.508 e. The van der Waals surface area contributed by atoms with Gasteiger partial charge in [-0.25, -0.2) is 0 Å². The van der Waals surface area contributed by atoms with Crippen molar-refractivity contribution in [2.24, 2.45) is 0 Å². The smallest absolute Gasteiger partial charge is 0.362 e. The average molecular weight is 512 g/mol. The van der Waals surface area contributed by atoms with Crippen LogP contribution in [-0.4, -0.2) is 21.2 Å². The predicted molar refractivity (Wildman–Crippen MR) is 109 cm³/mol. The molecule has 0 atom stereocenters. The second-order valence-corrected chi connectivity index (χ2v) is 9.37. The Morgan fingerprint density at radius 2 is 1.96 bits per heavy atom. The topological polar surface area (TPSA) is 96.2 Å². The van der Waals surface area contributed by atoms with Crippen molar-refractivity contribution in [3.05, 3.63) is 56.9 Å². The summed E-state index contributed by atoms with van der Waals surface area (Å²) in [6, 6.07) is 4.94. The van der Waals surface area contributed by atoms with Gasteiger partial charge in [0.1, 0.15) is 17.3 Å². The molecule has 0 saturated heterocycles. The quantitative estimate of drug-likeness (QED) is 0.243. The van der Waals surface area contributed by atoms with Gasteiger partial charge in [-0.1, -0.05) is 36.4 Å². The van der Waals surface area contributed by atoms with Crippen LogP contribution < -0.4 is 4.74 Å². The first-order valence-corrected chi connectivity index (χ1v) is 10.9. The highest BCUT2D eigenvalue weighted by molar-refractivity contribution is 9.12. The lowest BCUT2D eigenvalue weighted by atomic mass is 10.0. The van der Waals surface area contributed by atoms with Crippen LogP contribution >= 0.6 is 39.5 Å². The van der Waals surface area contributed by atoms with Crippen molar-refractivity contribution < 1.29 is 28.9 Å². The molecule has 0 heterocycles. The maximum Gasteiger partial charge on any atom is 0.362 e. The molecule has 0 aliphatic rings. The van der Waals surface area contributed by atoms with Gasteiger partial charge in [0.15, 0.2) is 12.1 Å². The molecule has 1 rings (SSSR count). The van der Waals surface area contributed by atoms with Gasteiger partial charge in [0, 0.05) is 10.0 Å². The molecule has 0 aliphatic carbocycles. The van der Waals surface area contributed by atoms with Crippen molar-refractivity contribution in [3.8, 4) is 11.5 Å². The summed E-state index contributed by atoms with van der Waals surface area (Å²) in [7, 11) is -4.28. The molecule has 1 aromatic carbocycles. The number of phenolic OH excluding ortho intramolecular Hbond substituents is 1. The molecule has 0 aliphatic heterocycles. The number of rotatable bonds is 8. The molecule has 0 aromatic heterocycles. The van der Waals surface area contributed by atoms with E-state index in [-0.39, 0.29) is 17.4 Å². The van der Waals surface area contributed by atoms with Crippen molar-refractivity contribution in [2.45, 2.75) is 26.7 Å². The maximum absolute atomic E-state index is 10.9. The van der Waals surface area contributed by atoms with Gasteiger partial charge in [-0.3, -0.25) is 4.57 Å². The van der Waals surface area contributed by atoms with Crippen LogP contribution in [0.3, 0.4) is 0 Å². The maximum atomic E-state index is 10.9. The average Bonchev–Trinajstić information content (AvgIpc) is 2.50. The van der Waals surface area contributed by atoms with E-state index in [2.05, 4.69) is 38.4 Å². The highest BCUT2D eigenvalue weighted by Gasteiger charge is 2.15. The van der Waals surface area contributed by atoms with Gasteiger partial charge in [0.05, 0.1) is 4.48 Å². The Labute approximate surface area is 169 Å². The first-order chi connectivity index (χ1) is 11.9. The zero-order chi connectivity index (χ0) is 20.1. The summed E-state index contributed by atoms with van der Waals surface area (Å²) >= 11 is 6.71. The van der Waals surface area contributed by atoms with E-state index in [1.807, 2.05) is 13.8 Å². The minimum Gasteiger partial charge on any atom is -0.508 e. The van der Waals surface area contributed by atoms with Crippen molar-refractivity contribution in [3.63, 3.8) is 0 Å². The van der Waals surface area contributed by atoms with E-state index in [4.69, 9.17) is 19.3 Å². The van der Waals surface area contributed by atoms with Crippen LogP contribution in [0.1, 0.15) is 32.3 Å². The second kappa shape index (κ2) is 9.76. The molecule has 3 N–H and O–H groups in total. The number of hydrogen-bond acceptors (Lipinski definition) is 4. The third kappa shape index (κ3) is 7.68. The minimum absolute atomic E-state index is 0.0589. The Morgan fingerprint density at radius 3 is 2.46 bits per heavy atom. The SMILES string of the molecule is C=C(/C=C(Br)\C(Oc1ccc(O)c(C(C)C)c1)=C(/C)Br)OCP(=O)(O)O. The Bertz CT molecular complexity index is 775. The van der Waals surface area contributed by atoms with Crippen LogP contribution in [-0.2, 0) is 9.30 Å². The molecule has 26 heavy (non-hydrogen) atoms. The number of phenols is 1. The first kappa shape index (κ1) is 23.0. The van der Waals surface area contributed by atoms with Gasteiger partial charge < -0.3 is 24.4 Å². The lowest BCUT2D eigenvalue weighted by molar-refractivity contribution is 0.240. The van der Waals surface area contributed by atoms with Crippen LogP contribution in [0.25, 0.3) is 0 Å². The summed E-state index contributed by atoms with van der Waals surface area (Å²) < 4.78 is 22.8. The van der Waals surface area contributed by atoms with Gasteiger partial charge >= 0.3 is 7.60 Å². The van der Waals surface area contributed by atoms with Crippen molar-refractivity contribution >= 4 is 39.5 Å². The van der Waals surface area contributed by atoms with Crippen molar-refractivity contribution in [2.75, 3.05) is 6.35 Å². The Kier molecular flexibility index (Phi) is 8.63. The zero-order valence-corrected chi connectivity index (χ0v) is 18.6. The van der Waals surface area contributed by atoms with E-state index in [1.165, 1.54) is 6.08 Å². The fraction of sp³-hybridized carbons (Fsp3) is 0.294. The Balaban J connectivity index is 3.02. The van der Waals surface area contributed by atoms with Crippen LogP contribution in [0, 0.1) is 0 Å². The van der Waals surface area contributed by atoms with Crippen LogP contribution in [0.5, 0.6) is 11.5 Å². The van der Waals surface area contributed by atoms with E-state index in [0.29, 0.717) is 20.5 Å². The Hall–Kier alpha value is -1.05. The normalized spacial score (nSPS) is 13.5. The van der Waals surface area contributed by atoms with Gasteiger partial charge in [0.2, 0.25) is 0 Å². The molecule has 0 spiro atoms. The summed E-state index contributed by atoms with van der Waals surface area (Å²) in [6.45, 7) is 9.29. The summed E-state index contributed by atoms with van der Waals surface area (Å²) in [5.41, 5.74) is 0.753. The van der Waals surface area contributed by atoms with Gasteiger partial charge in [-0.15, -0.1) is 0 Å². The summed E-state index contributed by atoms with van der Waals surface area (Å²) in [5.74, 6) is 1.32. The fourth-order valence-electron chi connectivity index (χ4n) is 1.88. The molecule has 0 fully saturated rings. The third-order valence-corrected chi connectivity index (χ3v) is 4.49. The third-order valence-electron chi connectivity index (χ3n) is 3.08. The number of aromatic hydroxyl groups is 1. The summed E-state index contributed by atoms with van der Waals surface area (Å²) in [6.07, 6.45) is 0.686. The number of allylic oxidation sites excluding steroid dienone is 3. The van der Waals surface area contributed by atoms with Crippen LogP contribution in [0.15, 0.2) is 51.3 Å².